The van der Waals surface area contributed by atoms with Crippen molar-refractivity contribution in [2.45, 2.75) is 4.90 Å². The Morgan fingerprint density at radius 2 is 1.95 bits per heavy atom. The quantitative estimate of drug-likeness (QED) is 0.511. The number of benzene rings is 1. The molecule has 11 heteroatoms. The minimum absolute atomic E-state index is 0.0286. The Labute approximate surface area is 129 Å². The number of carbonyl (C=O) groups excluding carboxylic acids is 1. The van der Waals surface area contributed by atoms with Crippen molar-refractivity contribution in [1.29, 1.82) is 0 Å². The molecule has 9 nitrogen and oxygen atoms in total. The number of anilines is 1. The average molecular weight is 352 g/mol. The number of rotatable bonds is 7. The van der Waals surface area contributed by atoms with E-state index in [0.717, 1.165) is 11.2 Å². The summed E-state index contributed by atoms with van der Waals surface area (Å²) >= 11 is 0. The van der Waals surface area contributed by atoms with Crippen LogP contribution in [0.4, 0.5) is 10.5 Å². The van der Waals surface area contributed by atoms with E-state index in [-0.39, 0.29) is 23.7 Å². The second kappa shape index (κ2) is 8.08. The molecule has 0 saturated carbocycles. The van der Waals surface area contributed by atoms with Crippen molar-refractivity contribution in [3.63, 3.8) is 0 Å². The zero-order valence-electron chi connectivity index (χ0n) is 11.9. The molecule has 0 aliphatic carbocycles. The number of nitrogens with one attached hydrogen (secondary N) is 1. The number of hydrogen-bond acceptors (Lipinski definition) is 7. The highest BCUT2D eigenvalue weighted by Gasteiger charge is 2.24. The third-order valence-electron chi connectivity index (χ3n) is 2.50. The van der Waals surface area contributed by atoms with Gasteiger partial charge in [0.1, 0.15) is 0 Å². The van der Waals surface area contributed by atoms with Gasteiger partial charge < -0.3 is 9.57 Å². The van der Waals surface area contributed by atoms with Gasteiger partial charge in [-0.05, 0) is 17.0 Å². The zero-order chi connectivity index (χ0) is 16.8. The minimum atomic E-state index is -3.60. The standard InChI is InChI=1S/C11H16N2O7S2/c1-19-8-7-13(11(14)20-12-21(15)16)9-5-3-4-6-10(9)22(2,17)18/h3-6,21H,7-8H2,1-2H3,(H,12,15,16). The van der Waals surface area contributed by atoms with Gasteiger partial charge in [0.25, 0.3) is 0 Å². The number of sulfone groups is 1. The van der Waals surface area contributed by atoms with Gasteiger partial charge in [-0.25, -0.2) is 21.6 Å². The molecule has 0 unspecified atom stereocenters. The number of carbonyl (C=O) groups is 1. The first kappa shape index (κ1) is 18.4. The fourth-order valence-corrected chi connectivity index (χ4v) is 2.65. The first-order chi connectivity index (χ1) is 10.3. The minimum Gasteiger partial charge on any atom is -0.383 e. The molecule has 0 aromatic heterocycles. The molecule has 1 aromatic carbocycles. The lowest BCUT2D eigenvalue weighted by Crippen LogP contribution is -2.38. The molecule has 124 valence electrons. The Kier molecular flexibility index (Phi) is 6.74. The van der Waals surface area contributed by atoms with Gasteiger partial charge in [0.05, 0.1) is 23.7 Å². The highest BCUT2D eigenvalue weighted by atomic mass is 32.2. The summed E-state index contributed by atoms with van der Waals surface area (Å²) in [6.07, 6.45) is -0.0781. The van der Waals surface area contributed by atoms with Crippen LogP contribution >= 0.6 is 0 Å². The van der Waals surface area contributed by atoms with Crippen LogP contribution in [-0.2, 0) is 30.3 Å². The van der Waals surface area contributed by atoms with Crippen LogP contribution in [0.5, 0.6) is 0 Å². The third kappa shape index (κ3) is 5.26. The van der Waals surface area contributed by atoms with Gasteiger partial charge in [-0.1, -0.05) is 12.1 Å². The Morgan fingerprint density at radius 1 is 1.32 bits per heavy atom. The van der Waals surface area contributed by atoms with Crippen LogP contribution in [0.2, 0.25) is 0 Å². The predicted molar refractivity (Wildman–Crippen MR) is 78.7 cm³/mol. The second-order valence-corrected chi connectivity index (χ2v) is 6.78. The topological polar surface area (TPSA) is 119 Å². The number of methoxy groups -OCH3 is 1. The molecule has 0 heterocycles. The van der Waals surface area contributed by atoms with Crippen LogP contribution in [0.3, 0.4) is 0 Å². The van der Waals surface area contributed by atoms with Crippen molar-refractivity contribution >= 4 is 32.5 Å². The van der Waals surface area contributed by atoms with Crippen LogP contribution in [0.1, 0.15) is 0 Å². The van der Waals surface area contributed by atoms with Crippen molar-refractivity contribution in [3.8, 4) is 0 Å². The van der Waals surface area contributed by atoms with Crippen LogP contribution in [0, 0.1) is 0 Å². The SMILES string of the molecule is COCCN(C(=O)ON[SH](=O)=O)c1ccccc1S(C)(=O)=O. The van der Waals surface area contributed by atoms with Gasteiger partial charge in [-0.15, -0.1) is 0 Å². The predicted octanol–water partition coefficient (Wildman–Crippen LogP) is -0.289. The van der Waals surface area contributed by atoms with Crippen LogP contribution in [-0.4, -0.2) is 49.4 Å². The number of thiol groups is 1. The third-order valence-corrected chi connectivity index (χ3v) is 3.89. The van der Waals surface area contributed by atoms with E-state index in [4.69, 9.17) is 4.74 Å². The molecule has 0 spiro atoms. The van der Waals surface area contributed by atoms with Crippen molar-refractivity contribution in [2.75, 3.05) is 31.4 Å². The fraction of sp³-hybridized carbons (Fsp3) is 0.364. The molecule has 0 bridgehead atoms. The lowest BCUT2D eigenvalue weighted by Gasteiger charge is -2.22. The summed E-state index contributed by atoms with van der Waals surface area (Å²) in [7, 11) is -5.34. The van der Waals surface area contributed by atoms with Gasteiger partial charge in [0.2, 0.25) is 10.9 Å². The molecule has 1 amide bonds. The highest BCUT2D eigenvalue weighted by molar-refractivity contribution is 7.90. The molecule has 1 rings (SSSR count). The largest absolute Gasteiger partial charge is 0.434 e. The maximum Gasteiger partial charge on any atom is 0.434 e. The molecule has 1 aromatic rings. The van der Waals surface area contributed by atoms with Gasteiger partial charge in [-0.2, -0.15) is 0 Å². The molecule has 0 fully saturated rings. The smallest absolute Gasteiger partial charge is 0.383 e. The first-order valence-corrected chi connectivity index (χ1v) is 9.00. The Bertz CT molecular complexity index is 692. The number of ether oxygens (including phenoxy) is 1. The van der Waals surface area contributed by atoms with E-state index < -0.39 is 26.8 Å². The number of nitrogens with zero attached hydrogens (tertiary/aromatic N) is 1. The summed E-state index contributed by atoms with van der Waals surface area (Å²) < 4.78 is 49.3. The van der Waals surface area contributed by atoms with E-state index in [1.807, 2.05) is 0 Å². The maximum atomic E-state index is 12.0. The molecular weight excluding hydrogens is 336 g/mol. The van der Waals surface area contributed by atoms with Crippen LogP contribution < -0.4 is 9.79 Å². The summed E-state index contributed by atoms with van der Waals surface area (Å²) in [5.41, 5.74) is 0.0648. The lowest BCUT2D eigenvalue weighted by atomic mass is 10.3. The lowest BCUT2D eigenvalue weighted by molar-refractivity contribution is 0.130. The van der Waals surface area contributed by atoms with Gasteiger partial charge in [-0.3, -0.25) is 4.90 Å². The Hall–Kier alpha value is -1.69. The van der Waals surface area contributed by atoms with E-state index in [0.29, 0.717) is 0 Å². The molecule has 0 saturated heterocycles. The Morgan fingerprint density at radius 3 is 2.50 bits per heavy atom. The van der Waals surface area contributed by atoms with Crippen LogP contribution in [0.15, 0.2) is 29.2 Å². The van der Waals surface area contributed by atoms with E-state index in [1.54, 1.807) is 6.07 Å². The summed E-state index contributed by atoms with van der Waals surface area (Å²) in [6, 6.07) is 5.79. The first-order valence-electron chi connectivity index (χ1n) is 5.93. The molecule has 1 N–H and O–H groups in total. The summed E-state index contributed by atoms with van der Waals surface area (Å²) in [4.78, 5) is 18.7. The van der Waals surface area contributed by atoms with Crippen molar-refractivity contribution < 1.29 is 31.2 Å². The van der Waals surface area contributed by atoms with Gasteiger partial charge in [0.15, 0.2) is 9.84 Å². The average Bonchev–Trinajstić information content (AvgIpc) is 2.45. The molecule has 0 aliphatic rings. The normalized spacial score (nSPS) is 11.4. The van der Waals surface area contributed by atoms with Gasteiger partial charge >= 0.3 is 6.09 Å². The summed E-state index contributed by atoms with van der Waals surface area (Å²) in [6.45, 7) is 0.0654. The molecular formula is C11H16N2O7S2. The van der Waals surface area contributed by atoms with E-state index in [2.05, 4.69) is 4.84 Å². The second-order valence-electron chi connectivity index (χ2n) is 4.10. The van der Waals surface area contributed by atoms with Gasteiger partial charge in [0, 0.05) is 13.4 Å². The Balaban J connectivity index is 3.20. The molecule has 22 heavy (non-hydrogen) atoms. The maximum absolute atomic E-state index is 12.0. The van der Waals surface area contributed by atoms with E-state index >= 15 is 0 Å². The molecule has 0 aliphatic heterocycles. The number of para-hydroxylation sites is 1. The van der Waals surface area contributed by atoms with E-state index in [1.165, 1.54) is 30.2 Å². The summed E-state index contributed by atoms with van der Waals surface area (Å²) in [5.74, 6) is 0. The molecule has 0 atom stereocenters. The van der Waals surface area contributed by atoms with E-state index in [9.17, 15) is 21.6 Å². The monoisotopic (exact) mass is 352 g/mol. The highest BCUT2D eigenvalue weighted by Crippen LogP contribution is 2.25. The van der Waals surface area contributed by atoms with Crippen molar-refractivity contribution in [1.82, 2.24) is 4.89 Å². The van der Waals surface area contributed by atoms with Crippen molar-refractivity contribution in [2.24, 2.45) is 0 Å². The summed E-state index contributed by atoms with van der Waals surface area (Å²) in [5, 5.41) is 0. The van der Waals surface area contributed by atoms with Crippen LogP contribution in [0.25, 0.3) is 0 Å². The zero-order valence-corrected chi connectivity index (χ0v) is 13.6. The number of hydrogen-bond donors (Lipinski definition) is 2. The number of amides is 1. The molecule has 0 radical (unpaired) electrons. The fourth-order valence-electron chi connectivity index (χ4n) is 1.62. The van der Waals surface area contributed by atoms with Crippen molar-refractivity contribution in [3.05, 3.63) is 24.3 Å².